The van der Waals surface area contributed by atoms with E-state index in [-0.39, 0.29) is 0 Å². The topological polar surface area (TPSA) is 24.9 Å². The van der Waals surface area contributed by atoms with Crippen molar-refractivity contribution in [2.45, 2.75) is 58.0 Å². The zero-order valence-corrected chi connectivity index (χ0v) is 13.2. The van der Waals surface area contributed by atoms with Gasteiger partial charge in [0, 0.05) is 18.3 Å². The lowest BCUT2D eigenvalue weighted by Crippen LogP contribution is -2.31. The van der Waals surface area contributed by atoms with E-state index in [1.54, 1.807) is 11.3 Å². The van der Waals surface area contributed by atoms with Gasteiger partial charge >= 0.3 is 0 Å². The van der Waals surface area contributed by atoms with Gasteiger partial charge in [0.05, 0.1) is 10.2 Å². The molecule has 3 unspecified atom stereocenters. The molecule has 2 aromatic rings. The van der Waals surface area contributed by atoms with E-state index >= 15 is 0 Å². The van der Waals surface area contributed by atoms with Crippen LogP contribution in [0.3, 0.4) is 0 Å². The van der Waals surface area contributed by atoms with Gasteiger partial charge in [0.15, 0.2) is 0 Å². The Kier molecular flexibility index (Phi) is 4.37. The minimum Gasteiger partial charge on any atom is -0.307 e. The number of hydrogen-bond donors (Lipinski definition) is 1. The van der Waals surface area contributed by atoms with Gasteiger partial charge in [-0.15, -0.1) is 11.3 Å². The SMILES string of the molecule is CC1CCCC(NC(C)c2cnc3ccsc3c2)CC1. The van der Waals surface area contributed by atoms with Crippen LogP contribution in [0, 0.1) is 5.92 Å². The summed E-state index contributed by atoms with van der Waals surface area (Å²) in [6.07, 6.45) is 8.81. The van der Waals surface area contributed by atoms with Crippen molar-refractivity contribution >= 4 is 21.6 Å². The monoisotopic (exact) mass is 288 g/mol. The van der Waals surface area contributed by atoms with E-state index in [1.165, 1.54) is 42.4 Å². The lowest BCUT2D eigenvalue weighted by atomic mass is 10.0. The van der Waals surface area contributed by atoms with E-state index in [1.807, 2.05) is 6.20 Å². The summed E-state index contributed by atoms with van der Waals surface area (Å²) in [4.78, 5) is 4.56. The fourth-order valence-corrected chi connectivity index (χ4v) is 3.99. The molecule has 0 amide bonds. The van der Waals surface area contributed by atoms with Crippen molar-refractivity contribution in [1.29, 1.82) is 0 Å². The molecule has 3 heteroatoms. The molecule has 1 aliphatic rings. The summed E-state index contributed by atoms with van der Waals surface area (Å²) < 4.78 is 1.30. The first kappa shape index (κ1) is 14.0. The Morgan fingerprint density at radius 2 is 2.20 bits per heavy atom. The van der Waals surface area contributed by atoms with Gasteiger partial charge in [0.25, 0.3) is 0 Å². The molecule has 20 heavy (non-hydrogen) atoms. The first-order valence-electron chi connectivity index (χ1n) is 7.81. The summed E-state index contributed by atoms with van der Waals surface area (Å²) in [5, 5.41) is 5.93. The van der Waals surface area contributed by atoms with Crippen LogP contribution in [-0.2, 0) is 0 Å². The summed E-state index contributed by atoms with van der Waals surface area (Å²) in [6, 6.07) is 5.46. The Morgan fingerprint density at radius 3 is 3.10 bits per heavy atom. The van der Waals surface area contributed by atoms with Crippen LogP contribution in [0.1, 0.15) is 57.6 Å². The second kappa shape index (κ2) is 6.23. The fourth-order valence-electron chi connectivity index (χ4n) is 3.20. The summed E-state index contributed by atoms with van der Waals surface area (Å²) in [7, 11) is 0. The summed E-state index contributed by atoms with van der Waals surface area (Å²) in [5.41, 5.74) is 2.44. The van der Waals surface area contributed by atoms with Gasteiger partial charge in [0.1, 0.15) is 0 Å². The Morgan fingerprint density at radius 1 is 1.30 bits per heavy atom. The number of nitrogens with zero attached hydrogens (tertiary/aromatic N) is 1. The molecule has 0 spiro atoms. The average molecular weight is 288 g/mol. The third-order valence-corrected chi connectivity index (χ3v) is 5.42. The number of thiophene rings is 1. The quantitative estimate of drug-likeness (QED) is 0.811. The largest absolute Gasteiger partial charge is 0.307 e. The number of hydrogen-bond acceptors (Lipinski definition) is 3. The van der Waals surface area contributed by atoms with Crippen LogP contribution in [0.5, 0.6) is 0 Å². The van der Waals surface area contributed by atoms with E-state index in [4.69, 9.17) is 0 Å². The van der Waals surface area contributed by atoms with Gasteiger partial charge < -0.3 is 5.32 Å². The maximum atomic E-state index is 4.56. The zero-order valence-electron chi connectivity index (χ0n) is 12.4. The van der Waals surface area contributed by atoms with E-state index in [9.17, 15) is 0 Å². The molecule has 1 aliphatic carbocycles. The minimum atomic E-state index is 0.396. The van der Waals surface area contributed by atoms with Crippen LogP contribution in [0.15, 0.2) is 23.7 Å². The lowest BCUT2D eigenvalue weighted by molar-refractivity contribution is 0.408. The zero-order chi connectivity index (χ0) is 13.9. The van der Waals surface area contributed by atoms with Gasteiger partial charge in [-0.1, -0.05) is 19.8 Å². The van der Waals surface area contributed by atoms with Crippen molar-refractivity contribution < 1.29 is 0 Å². The molecule has 0 aliphatic heterocycles. The highest BCUT2D eigenvalue weighted by Crippen LogP contribution is 2.26. The number of aromatic nitrogens is 1. The van der Waals surface area contributed by atoms with E-state index < -0.39 is 0 Å². The molecule has 0 radical (unpaired) electrons. The van der Waals surface area contributed by atoms with E-state index in [2.05, 4.69) is 41.7 Å². The highest BCUT2D eigenvalue weighted by molar-refractivity contribution is 7.17. The molecule has 3 rings (SSSR count). The number of pyridine rings is 1. The van der Waals surface area contributed by atoms with Crippen molar-refractivity contribution in [2.24, 2.45) is 5.92 Å². The van der Waals surface area contributed by atoms with E-state index in [0.29, 0.717) is 12.1 Å². The molecular formula is C17H24N2S. The normalized spacial score (nSPS) is 25.5. The Bertz CT molecular complexity index is 563. The molecular weight excluding hydrogens is 264 g/mol. The van der Waals surface area contributed by atoms with Crippen molar-refractivity contribution in [2.75, 3.05) is 0 Å². The summed E-state index contributed by atoms with van der Waals surface area (Å²) in [6.45, 7) is 4.66. The van der Waals surface area contributed by atoms with Crippen molar-refractivity contribution in [3.63, 3.8) is 0 Å². The van der Waals surface area contributed by atoms with Gasteiger partial charge in [0.2, 0.25) is 0 Å². The molecule has 108 valence electrons. The summed E-state index contributed by atoms with van der Waals surface area (Å²) >= 11 is 1.78. The lowest BCUT2D eigenvalue weighted by Gasteiger charge is -2.22. The molecule has 2 nitrogen and oxygen atoms in total. The number of rotatable bonds is 3. The second-order valence-corrected chi connectivity index (χ2v) is 7.22. The highest BCUT2D eigenvalue weighted by atomic mass is 32.1. The second-order valence-electron chi connectivity index (χ2n) is 6.27. The molecule has 0 saturated heterocycles. The smallest absolute Gasteiger partial charge is 0.0809 e. The molecule has 1 saturated carbocycles. The van der Waals surface area contributed by atoms with Crippen LogP contribution in [0.4, 0.5) is 0 Å². The number of nitrogens with one attached hydrogen (secondary N) is 1. The van der Waals surface area contributed by atoms with Gasteiger partial charge in [-0.2, -0.15) is 0 Å². The molecule has 2 aromatic heterocycles. The first-order valence-corrected chi connectivity index (χ1v) is 8.69. The minimum absolute atomic E-state index is 0.396. The van der Waals surface area contributed by atoms with E-state index in [0.717, 1.165) is 11.4 Å². The highest BCUT2D eigenvalue weighted by Gasteiger charge is 2.18. The Hall–Kier alpha value is -0.930. The Labute approximate surface area is 125 Å². The maximum absolute atomic E-state index is 4.56. The van der Waals surface area contributed by atoms with Crippen molar-refractivity contribution in [3.05, 3.63) is 29.3 Å². The Balaban J connectivity index is 1.67. The van der Waals surface area contributed by atoms with Crippen LogP contribution in [0.2, 0.25) is 0 Å². The third-order valence-electron chi connectivity index (χ3n) is 4.57. The maximum Gasteiger partial charge on any atom is 0.0809 e. The van der Waals surface area contributed by atoms with Crippen molar-refractivity contribution in [3.8, 4) is 0 Å². The molecule has 0 bridgehead atoms. The molecule has 2 heterocycles. The molecule has 1 fully saturated rings. The predicted molar refractivity (Wildman–Crippen MR) is 87.2 cm³/mol. The average Bonchev–Trinajstić information content (AvgIpc) is 2.82. The van der Waals surface area contributed by atoms with Crippen LogP contribution < -0.4 is 5.32 Å². The molecule has 0 aromatic carbocycles. The first-order chi connectivity index (χ1) is 9.72. The van der Waals surface area contributed by atoms with Crippen molar-refractivity contribution in [1.82, 2.24) is 10.3 Å². The van der Waals surface area contributed by atoms with Gasteiger partial charge in [-0.25, -0.2) is 0 Å². The standard InChI is InChI=1S/C17H24N2S/c1-12-4-3-5-15(7-6-12)19-13(2)14-10-17-16(18-11-14)8-9-20-17/h8-13,15,19H,3-7H2,1-2H3. The number of fused-ring (bicyclic) bond motifs is 1. The van der Waals surface area contributed by atoms with Crippen LogP contribution in [-0.4, -0.2) is 11.0 Å². The van der Waals surface area contributed by atoms with Crippen LogP contribution >= 0.6 is 11.3 Å². The van der Waals surface area contributed by atoms with Crippen LogP contribution in [0.25, 0.3) is 10.2 Å². The third kappa shape index (κ3) is 3.21. The predicted octanol–water partition coefficient (Wildman–Crippen LogP) is 4.92. The summed E-state index contributed by atoms with van der Waals surface area (Å²) in [5.74, 6) is 0.904. The molecule has 1 N–H and O–H groups in total. The van der Waals surface area contributed by atoms with Gasteiger partial charge in [-0.05, 0) is 55.2 Å². The molecule has 3 atom stereocenters. The van der Waals surface area contributed by atoms with Gasteiger partial charge in [-0.3, -0.25) is 4.98 Å². The fraction of sp³-hybridized carbons (Fsp3) is 0.588.